The third-order valence-electron chi connectivity index (χ3n) is 4.88. The van der Waals surface area contributed by atoms with Gasteiger partial charge in [-0.25, -0.2) is 4.99 Å². The fourth-order valence-electron chi connectivity index (χ4n) is 3.20. The van der Waals surface area contributed by atoms with Crippen LogP contribution in [-0.2, 0) is 11.4 Å². The first kappa shape index (κ1) is 26.4. The van der Waals surface area contributed by atoms with Gasteiger partial charge in [0, 0.05) is 12.1 Å². The van der Waals surface area contributed by atoms with Crippen molar-refractivity contribution >= 4 is 85.5 Å². The van der Waals surface area contributed by atoms with E-state index in [1.165, 1.54) is 23.9 Å². The van der Waals surface area contributed by atoms with Gasteiger partial charge in [0.05, 0.1) is 29.3 Å². The minimum absolute atomic E-state index is 0.0433. The van der Waals surface area contributed by atoms with Crippen LogP contribution >= 0.6 is 56.9 Å². The molecule has 1 fully saturated rings. The second-order valence-corrected chi connectivity index (χ2v) is 10.8. The fraction of sp³-hybridized carbons (Fsp3) is 0.120. The number of carbonyl (C=O) groups is 1. The molecule has 0 radical (unpaired) electrons. The van der Waals surface area contributed by atoms with Crippen molar-refractivity contribution in [2.45, 2.75) is 13.5 Å². The Balaban J connectivity index is 1.45. The molecule has 1 amide bonds. The molecule has 1 saturated heterocycles. The van der Waals surface area contributed by atoms with Gasteiger partial charge < -0.3 is 14.8 Å². The largest absolute Gasteiger partial charge is 0.494 e. The highest BCUT2D eigenvalue weighted by atomic mass is 127. The molecular weight excluding hydrogens is 708 g/mol. The number of hydrogen-bond acceptors (Lipinski definition) is 7. The minimum Gasteiger partial charge on any atom is -0.494 e. The maximum Gasteiger partial charge on any atom is 0.269 e. The number of halogens is 2. The molecule has 0 aliphatic carbocycles. The van der Waals surface area contributed by atoms with E-state index < -0.39 is 4.92 Å². The summed E-state index contributed by atoms with van der Waals surface area (Å²) in [4.78, 5) is 28.0. The number of amidine groups is 1. The van der Waals surface area contributed by atoms with Crippen LogP contribution in [0, 0.1) is 17.3 Å². The molecule has 1 aliphatic rings. The zero-order chi connectivity index (χ0) is 25.7. The van der Waals surface area contributed by atoms with Crippen molar-refractivity contribution in [1.29, 1.82) is 0 Å². The normalized spacial score (nSPS) is 15.2. The van der Waals surface area contributed by atoms with Crippen molar-refractivity contribution < 1.29 is 19.2 Å². The standard InChI is InChI=1S/C25H19I2N3O5S/c1-2-34-19-9-5-17(6-10-19)28-25-29-24(31)22(36-25)13-16-11-20(26)23(21(27)12-16)35-14-15-3-7-18(8-4-15)30(32)33/h3-13H,2,14H2,1H3,(H,28,29,31)/b22-13+. The number of nitrogens with zero attached hydrogens (tertiary/aromatic N) is 2. The van der Waals surface area contributed by atoms with Crippen LogP contribution in [0.3, 0.4) is 0 Å². The molecule has 4 rings (SSSR count). The molecule has 0 unspecified atom stereocenters. The Morgan fingerprint density at radius 1 is 1.06 bits per heavy atom. The number of non-ortho nitro benzene ring substituents is 1. The Kier molecular flexibility index (Phi) is 8.85. The highest BCUT2D eigenvalue weighted by Gasteiger charge is 2.24. The lowest BCUT2D eigenvalue weighted by molar-refractivity contribution is -0.384. The number of ether oxygens (including phenoxy) is 2. The predicted molar refractivity (Wildman–Crippen MR) is 158 cm³/mol. The lowest BCUT2D eigenvalue weighted by Crippen LogP contribution is -2.19. The molecule has 0 aromatic heterocycles. The van der Waals surface area contributed by atoms with Gasteiger partial charge in [0.25, 0.3) is 11.6 Å². The monoisotopic (exact) mass is 727 g/mol. The summed E-state index contributed by atoms with van der Waals surface area (Å²) in [6, 6.07) is 17.5. The van der Waals surface area contributed by atoms with Gasteiger partial charge in [-0.2, -0.15) is 0 Å². The molecule has 184 valence electrons. The second-order valence-electron chi connectivity index (χ2n) is 7.43. The van der Waals surface area contributed by atoms with Gasteiger partial charge in [-0.15, -0.1) is 0 Å². The highest BCUT2D eigenvalue weighted by molar-refractivity contribution is 14.1. The molecular formula is C25H19I2N3O5S. The SMILES string of the molecule is CCOc1ccc(N=C2NC(=O)/C(=C\c3cc(I)c(OCc4ccc([N+](=O)[O-])cc4)c(I)c3)S2)cc1. The number of nitrogens with one attached hydrogen (secondary N) is 1. The molecule has 8 nitrogen and oxygen atoms in total. The predicted octanol–water partition coefficient (Wildman–Crippen LogP) is 6.67. The van der Waals surface area contributed by atoms with Gasteiger partial charge in [0.2, 0.25) is 0 Å². The van der Waals surface area contributed by atoms with Gasteiger partial charge in [-0.1, -0.05) is 0 Å². The maximum atomic E-state index is 12.5. The zero-order valence-corrected chi connectivity index (χ0v) is 24.0. The molecule has 1 N–H and O–H groups in total. The number of carbonyl (C=O) groups excluding carboxylic acids is 1. The van der Waals surface area contributed by atoms with Crippen LogP contribution in [0.25, 0.3) is 6.08 Å². The molecule has 11 heteroatoms. The van der Waals surface area contributed by atoms with Crippen molar-refractivity contribution in [2.75, 3.05) is 6.61 Å². The van der Waals surface area contributed by atoms with E-state index in [1.807, 2.05) is 49.4 Å². The van der Waals surface area contributed by atoms with Crippen LogP contribution in [0.1, 0.15) is 18.1 Å². The van der Waals surface area contributed by atoms with E-state index in [0.717, 1.165) is 35.5 Å². The van der Waals surface area contributed by atoms with Gasteiger partial charge >= 0.3 is 0 Å². The smallest absolute Gasteiger partial charge is 0.269 e. The van der Waals surface area contributed by atoms with Crippen molar-refractivity contribution in [3.8, 4) is 11.5 Å². The van der Waals surface area contributed by atoms with Crippen LogP contribution in [-0.4, -0.2) is 22.6 Å². The van der Waals surface area contributed by atoms with E-state index in [-0.39, 0.29) is 18.2 Å². The summed E-state index contributed by atoms with van der Waals surface area (Å²) in [5.74, 6) is 1.29. The molecule has 3 aromatic carbocycles. The van der Waals surface area contributed by atoms with Crippen LogP contribution < -0.4 is 14.8 Å². The van der Waals surface area contributed by atoms with Gasteiger partial charge in [-0.05, 0) is 130 Å². The van der Waals surface area contributed by atoms with Crippen molar-refractivity contribution in [2.24, 2.45) is 4.99 Å². The summed E-state index contributed by atoms with van der Waals surface area (Å²) in [6.07, 6.45) is 1.82. The molecule has 0 atom stereocenters. The molecule has 0 bridgehead atoms. The van der Waals surface area contributed by atoms with Gasteiger partial charge in [0.1, 0.15) is 18.1 Å². The molecule has 1 heterocycles. The lowest BCUT2D eigenvalue weighted by atomic mass is 10.2. The first-order chi connectivity index (χ1) is 17.3. The number of nitro benzene ring substituents is 1. The van der Waals surface area contributed by atoms with E-state index in [1.54, 1.807) is 12.1 Å². The number of thioether (sulfide) groups is 1. The zero-order valence-electron chi connectivity index (χ0n) is 18.9. The summed E-state index contributed by atoms with van der Waals surface area (Å²) in [7, 11) is 0. The van der Waals surface area contributed by atoms with Gasteiger partial charge in [0.15, 0.2) is 5.17 Å². The fourth-order valence-corrected chi connectivity index (χ4v) is 6.17. The number of aliphatic imine (C=N–C) groups is 1. The summed E-state index contributed by atoms with van der Waals surface area (Å²) in [6.45, 7) is 2.81. The van der Waals surface area contributed by atoms with Gasteiger partial charge in [-0.3, -0.25) is 14.9 Å². The number of benzene rings is 3. The van der Waals surface area contributed by atoms with Crippen molar-refractivity contribution in [3.05, 3.63) is 94.0 Å². The van der Waals surface area contributed by atoms with E-state index >= 15 is 0 Å². The average Bonchev–Trinajstić information content (AvgIpc) is 3.18. The van der Waals surface area contributed by atoms with E-state index in [2.05, 4.69) is 55.5 Å². The number of amides is 1. The lowest BCUT2D eigenvalue weighted by Gasteiger charge is -2.11. The summed E-state index contributed by atoms with van der Waals surface area (Å²) < 4.78 is 13.2. The summed E-state index contributed by atoms with van der Waals surface area (Å²) >= 11 is 5.68. The third kappa shape index (κ3) is 6.76. The van der Waals surface area contributed by atoms with Crippen molar-refractivity contribution in [3.63, 3.8) is 0 Å². The molecule has 0 saturated carbocycles. The summed E-state index contributed by atoms with van der Waals surface area (Å²) in [5, 5.41) is 14.1. The quantitative estimate of drug-likeness (QED) is 0.120. The van der Waals surface area contributed by atoms with E-state index in [0.29, 0.717) is 16.7 Å². The Hall–Kier alpha value is -2.65. The first-order valence-electron chi connectivity index (χ1n) is 10.7. The third-order valence-corrected chi connectivity index (χ3v) is 7.39. The van der Waals surface area contributed by atoms with Crippen LogP contribution in [0.15, 0.2) is 70.6 Å². The number of hydrogen-bond donors (Lipinski definition) is 1. The second kappa shape index (κ2) is 12.1. The number of nitro groups is 1. The maximum absolute atomic E-state index is 12.5. The highest BCUT2D eigenvalue weighted by Crippen LogP contribution is 2.33. The Bertz CT molecular complexity index is 1340. The molecule has 0 spiro atoms. The van der Waals surface area contributed by atoms with Crippen LogP contribution in [0.4, 0.5) is 11.4 Å². The molecule has 1 aliphatic heterocycles. The first-order valence-corrected chi connectivity index (χ1v) is 13.7. The Morgan fingerprint density at radius 3 is 2.33 bits per heavy atom. The van der Waals surface area contributed by atoms with Crippen molar-refractivity contribution in [1.82, 2.24) is 5.32 Å². The van der Waals surface area contributed by atoms with E-state index in [4.69, 9.17) is 9.47 Å². The van der Waals surface area contributed by atoms with Crippen LogP contribution in [0.5, 0.6) is 11.5 Å². The molecule has 3 aromatic rings. The Labute approximate surface area is 239 Å². The summed E-state index contributed by atoms with van der Waals surface area (Å²) in [5.41, 5.74) is 2.46. The Morgan fingerprint density at radius 2 is 1.72 bits per heavy atom. The van der Waals surface area contributed by atoms with Crippen LogP contribution in [0.2, 0.25) is 0 Å². The van der Waals surface area contributed by atoms with E-state index in [9.17, 15) is 14.9 Å². The minimum atomic E-state index is -0.429. The average molecular weight is 727 g/mol. The molecule has 36 heavy (non-hydrogen) atoms. The number of rotatable bonds is 8. The topological polar surface area (TPSA) is 103 Å².